The molecule has 0 fully saturated rings. The number of hydrogen-bond donors (Lipinski definition) is 0. The summed E-state index contributed by atoms with van der Waals surface area (Å²) in [4.78, 5) is 20.8. The third-order valence-electron chi connectivity index (χ3n) is 3.54. The van der Waals surface area contributed by atoms with E-state index in [9.17, 15) is 4.79 Å². The lowest BCUT2D eigenvalue weighted by molar-refractivity contribution is -0.149. The highest BCUT2D eigenvalue weighted by Gasteiger charge is 2.35. The summed E-state index contributed by atoms with van der Waals surface area (Å²) < 4.78 is 5.14. The Balaban J connectivity index is 2.43. The summed E-state index contributed by atoms with van der Waals surface area (Å²) >= 11 is 0. The maximum atomic E-state index is 12.2. The predicted molar refractivity (Wildman–Crippen MR) is 88.9 cm³/mol. The fraction of sp³-hybridized carbons (Fsp3) is 0.316. The van der Waals surface area contributed by atoms with Crippen molar-refractivity contribution in [1.29, 1.82) is 0 Å². The first-order valence-electron chi connectivity index (χ1n) is 7.53. The molecule has 1 heterocycles. The van der Waals surface area contributed by atoms with Crippen LogP contribution < -0.4 is 0 Å². The Labute approximate surface area is 136 Å². The van der Waals surface area contributed by atoms with E-state index in [1.165, 1.54) is 0 Å². The van der Waals surface area contributed by atoms with E-state index in [1.807, 2.05) is 31.2 Å². The molecule has 0 spiro atoms. The van der Waals surface area contributed by atoms with Crippen LogP contribution in [0.1, 0.15) is 43.3 Å². The first-order chi connectivity index (χ1) is 11.0. The highest BCUT2D eigenvalue weighted by atomic mass is 16.5. The van der Waals surface area contributed by atoms with E-state index >= 15 is 0 Å². The van der Waals surface area contributed by atoms with Crippen LogP contribution in [0.4, 0.5) is 0 Å². The van der Waals surface area contributed by atoms with Crippen LogP contribution in [0.3, 0.4) is 0 Å². The lowest BCUT2D eigenvalue weighted by atomic mass is 9.87. The maximum Gasteiger partial charge on any atom is 0.317 e. The molecule has 2 rings (SSSR count). The Morgan fingerprint density at radius 2 is 1.87 bits per heavy atom. The summed E-state index contributed by atoms with van der Waals surface area (Å²) in [6, 6.07) is 7.87. The molecule has 0 aliphatic heterocycles. The number of rotatable bonds is 3. The van der Waals surface area contributed by atoms with Crippen LogP contribution in [0.5, 0.6) is 0 Å². The van der Waals surface area contributed by atoms with E-state index < -0.39 is 5.41 Å². The van der Waals surface area contributed by atoms with Gasteiger partial charge in [0.2, 0.25) is 0 Å². The molecule has 0 saturated heterocycles. The van der Waals surface area contributed by atoms with Crippen LogP contribution in [0, 0.1) is 18.8 Å². The zero-order valence-electron chi connectivity index (χ0n) is 13.9. The second kappa shape index (κ2) is 7.06. The van der Waals surface area contributed by atoms with Gasteiger partial charge in [0.15, 0.2) is 0 Å². The topological polar surface area (TPSA) is 52.1 Å². The number of carbonyl (C=O) groups excluding carboxylic acids is 1. The molecule has 0 saturated carbocycles. The fourth-order valence-electron chi connectivity index (χ4n) is 2.13. The normalized spacial score (nSPS) is 10.6. The van der Waals surface area contributed by atoms with Gasteiger partial charge in [-0.1, -0.05) is 24.1 Å². The minimum Gasteiger partial charge on any atom is -0.465 e. The summed E-state index contributed by atoms with van der Waals surface area (Å²) in [5, 5.41) is 0. The van der Waals surface area contributed by atoms with Crippen molar-refractivity contribution in [3.63, 3.8) is 0 Å². The Bertz CT molecular complexity index is 770. The largest absolute Gasteiger partial charge is 0.465 e. The summed E-state index contributed by atoms with van der Waals surface area (Å²) in [7, 11) is 0. The van der Waals surface area contributed by atoms with Gasteiger partial charge in [-0.3, -0.25) is 9.78 Å². The van der Waals surface area contributed by atoms with E-state index in [2.05, 4.69) is 21.8 Å². The molecule has 0 radical (unpaired) electrons. The molecule has 23 heavy (non-hydrogen) atoms. The van der Waals surface area contributed by atoms with Gasteiger partial charge in [-0.25, -0.2) is 4.98 Å². The lowest BCUT2D eigenvalue weighted by Crippen LogP contribution is -2.33. The maximum absolute atomic E-state index is 12.2. The SMILES string of the molecule is CCOC(=O)C(C)(C)c1nccnc1C#Cc1ccccc1C. The Morgan fingerprint density at radius 1 is 1.17 bits per heavy atom. The molecule has 0 unspecified atom stereocenters. The molecule has 0 amide bonds. The van der Waals surface area contributed by atoms with Gasteiger partial charge in [0.05, 0.1) is 12.3 Å². The highest BCUT2D eigenvalue weighted by Crippen LogP contribution is 2.24. The second-order valence-corrected chi connectivity index (χ2v) is 5.66. The van der Waals surface area contributed by atoms with Crippen molar-refractivity contribution in [3.8, 4) is 11.8 Å². The Hall–Kier alpha value is -2.67. The van der Waals surface area contributed by atoms with Gasteiger partial charge < -0.3 is 4.74 Å². The molecular weight excluding hydrogens is 288 g/mol. The Morgan fingerprint density at radius 3 is 2.57 bits per heavy atom. The molecule has 0 N–H and O–H groups in total. The molecule has 4 heteroatoms. The number of aryl methyl sites for hydroxylation is 1. The Kier molecular flexibility index (Phi) is 5.13. The van der Waals surface area contributed by atoms with Gasteiger partial charge in [0, 0.05) is 18.0 Å². The van der Waals surface area contributed by atoms with Crippen molar-refractivity contribution in [1.82, 2.24) is 9.97 Å². The monoisotopic (exact) mass is 308 g/mol. The van der Waals surface area contributed by atoms with Gasteiger partial charge in [-0.05, 0) is 45.2 Å². The molecule has 0 aliphatic carbocycles. The molecule has 4 nitrogen and oxygen atoms in total. The smallest absolute Gasteiger partial charge is 0.317 e. The average Bonchev–Trinajstić information content (AvgIpc) is 2.54. The molecule has 0 atom stereocenters. The van der Waals surface area contributed by atoms with Crippen molar-refractivity contribution in [2.75, 3.05) is 6.61 Å². The summed E-state index contributed by atoms with van der Waals surface area (Å²) in [6.45, 7) is 7.66. The molecule has 118 valence electrons. The first kappa shape index (κ1) is 16.7. The van der Waals surface area contributed by atoms with Crippen molar-refractivity contribution in [3.05, 3.63) is 59.2 Å². The van der Waals surface area contributed by atoms with Gasteiger partial charge >= 0.3 is 5.97 Å². The van der Waals surface area contributed by atoms with Crippen LogP contribution >= 0.6 is 0 Å². The van der Waals surface area contributed by atoms with Gasteiger partial charge in [0.1, 0.15) is 11.1 Å². The van der Waals surface area contributed by atoms with E-state index in [-0.39, 0.29) is 5.97 Å². The average molecular weight is 308 g/mol. The second-order valence-electron chi connectivity index (χ2n) is 5.66. The number of esters is 1. The minimum absolute atomic E-state index is 0.326. The fourth-order valence-corrected chi connectivity index (χ4v) is 2.13. The van der Waals surface area contributed by atoms with E-state index in [1.54, 1.807) is 33.2 Å². The first-order valence-corrected chi connectivity index (χ1v) is 7.53. The molecule has 2 aromatic rings. The van der Waals surface area contributed by atoms with Gasteiger partial charge in [0.25, 0.3) is 0 Å². The lowest BCUT2D eigenvalue weighted by Gasteiger charge is -2.22. The molecule has 0 bridgehead atoms. The standard InChI is InChI=1S/C19H20N2O2/c1-5-23-18(22)19(3,4)17-16(20-12-13-21-17)11-10-15-9-7-6-8-14(15)2/h6-9,12-13H,5H2,1-4H3. The number of benzene rings is 1. The zero-order chi connectivity index (χ0) is 16.9. The third-order valence-corrected chi connectivity index (χ3v) is 3.54. The number of ether oxygens (including phenoxy) is 1. The number of hydrogen-bond acceptors (Lipinski definition) is 4. The van der Waals surface area contributed by atoms with Crippen molar-refractivity contribution in [2.45, 2.75) is 33.1 Å². The van der Waals surface area contributed by atoms with Crippen molar-refractivity contribution < 1.29 is 9.53 Å². The predicted octanol–water partition coefficient (Wildman–Crippen LogP) is 3.03. The quantitative estimate of drug-likeness (QED) is 0.646. The van der Waals surface area contributed by atoms with Crippen LogP contribution in [-0.2, 0) is 14.9 Å². The van der Waals surface area contributed by atoms with Crippen molar-refractivity contribution in [2.24, 2.45) is 0 Å². The van der Waals surface area contributed by atoms with Crippen LogP contribution in [0.2, 0.25) is 0 Å². The molecule has 1 aromatic carbocycles. The van der Waals surface area contributed by atoms with Crippen LogP contribution in [0.15, 0.2) is 36.7 Å². The molecular formula is C19H20N2O2. The molecule has 1 aromatic heterocycles. The third kappa shape index (κ3) is 3.75. The van der Waals surface area contributed by atoms with Gasteiger partial charge in [-0.15, -0.1) is 0 Å². The number of aromatic nitrogens is 2. The molecule has 0 aliphatic rings. The summed E-state index contributed by atoms with van der Waals surface area (Å²) in [5.41, 5.74) is 2.14. The van der Waals surface area contributed by atoms with Crippen molar-refractivity contribution >= 4 is 5.97 Å². The van der Waals surface area contributed by atoms with E-state index in [4.69, 9.17) is 4.74 Å². The van der Waals surface area contributed by atoms with Gasteiger partial charge in [-0.2, -0.15) is 0 Å². The summed E-state index contributed by atoms with van der Waals surface area (Å²) in [5.74, 6) is 5.82. The zero-order valence-corrected chi connectivity index (χ0v) is 13.9. The number of nitrogens with zero attached hydrogens (tertiary/aromatic N) is 2. The highest BCUT2D eigenvalue weighted by molar-refractivity contribution is 5.82. The number of carbonyl (C=O) groups is 1. The van der Waals surface area contributed by atoms with E-state index in [0.717, 1.165) is 11.1 Å². The minimum atomic E-state index is -0.903. The van der Waals surface area contributed by atoms with Crippen LogP contribution in [-0.4, -0.2) is 22.5 Å². The summed E-state index contributed by atoms with van der Waals surface area (Å²) in [6.07, 6.45) is 3.14. The van der Waals surface area contributed by atoms with Crippen LogP contribution in [0.25, 0.3) is 0 Å². The van der Waals surface area contributed by atoms with E-state index in [0.29, 0.717) is 18.0 Å².